The lowest BCUT2D eigenvalue weighted by molar-refractivity contribution is -0.121. The predicted octanol–water partition coefficient (Wildman–Crippen LogP) is 1.42. The quantitative estimate of drug-likeness (QED) is 0.812. The Labute approximate surface area is 97.3 Å². The minimum atomic E-state index is -0.307. The number of halogens is 1. The number of benzene rings is 1. The molecule has 0 saturated carbocycles. The first kappa shape index (κ1) is 11.1. The number of carbonyl (C=O) groups excluding carboxylic acids is 1. The molecule has 0 aliphatic heterocycles. The van der Waals surface area contributed by atoms with Crippen LogP contribution in [0.3, 0.4) is 0 Å². The van der Waals surface area contributed by atoms with Gasteiger partial charge in [-0.3, -0.25) is 4.79 Å². The smallest absolute Gasteiger partial charge is 0.240 e. The highest BCUT2D eigenvalue weighted by molar-refractivity contribution is 5.83. The Hall–Kier alpha value is -2.35. The Morgan fingerprint density at radius 2 is 2.29 bits per heavy atom. The Balaban J connectivity index is 2.23. The van der Waals surface area contributed by atoms with Crippen LogP contribution in [-0.2, 0) is 11.3 Å². The predicted molar refractivity (Wildman–Crippen MR) is 60.5 cm³/mol. The molecule has 0 fully saturated rings. The van der Waals surface area contributed by atoms with Crippen molar-refractivity contribution < 1.29 is 9.18 Å². The molecule has 0 aliphatic rings. The summed E-state index contributed by atoms with van der Waals surface area (Å²) >= 11 is 0. The van der Waals surface area contributed by atoms with E-state index in [2.05, 4.69) is 5.32 Å². The number of hydrogen-bond donors (Lipinski definition) is 1. The van der Waals surface area contributed by atoms with Gasteiger partial charge in [-0.05, 0) is 18.2 Å². The second-order valence-corrected chi connectivity index (χ2v) is 3.55. The Morgan fingerprint density at radius 1 is 1.47 bits per heavy atom. The SMILES string of the molecule is N#CCNC(=O)Cn1ccc2c(F)cccc21. The van der Waals surface area contributed by atoms with Gasteiger partial charge in [0.05, 0.1) is 11.6 Å². The summed E-state index contributed by atoms with van der Waals surface area (Å²) in [4.78, 5) is 11.4. The molecule has 17 heavy (non-hydrogen) atoms. The maximum absolute atomic E-state index is 13.4. The van der Waals surface area contributed by atoms with E-state index in [0.717, 1.165) is 0 Å². The van der Waals surface area contributed by atoms with Crippen molar-refractivity contribution >= 4 is 16.8 Å². The maximum atomic E-state index is 13.4. The van der Waals surface area contributed by atoms with Crippen LogP contribution in [0.25, 0.3) is 10.9 Å². The van der Waals surface area contributed by atoms with E-state index in [9.17, 15) is 9.18 Å². The molecule has 1 amide bonds. The summed E-state index contributed by atoms with van der Waals surface area (Å²) in [5.41, 5.74) is 0.664. The number of aromatic nitrogens is 1. The Kier molecular flexibility index (Phi) is 3.06. The number of fused-ring (bicyclic) bond motifs is 1. The lowest BCUT2D eigenvalue weighted by Crippen LogP contribution is -2.27. The lowest BCUT2D eigenvalue weighted by atomic mass is 10.2. The van der Waals surface area contributed by atoms with Crippen LogP contribution in [0, 0.1) is 17.1 Å². The van der Waals surface area contributed by atoms with Gasteiger partial charge < -0.3 is 9.88 Å². The van der Waals surface area contributed by atoms with Gasteiger partial charge in [-0.2, -0.15) is 5.26 Å². The van der Waals surface area contributed by atoms with Gasteiger partial charge in [0.1, 0.15) is 18.9 Å². The fourth-order valence-corrected chi connectivity index (χ4v) is 1.67. The molecule has 0 saturated heterocycles. The summed E-state index contributed by atoms with van der Waals surface area (Å²) in [5, 5.41) is 11.3. The summed E-state index contributed by atoms with van der Waals surface area (Å²) in [6.07, 6.45) is 1.65. The van der Waals surface area contributed by atoms with Gasteiger partial charge in [-0.1, -0.05) is 6.07 Å². The lowest BCUT2D eigenvalue weighted by Gasteiger charge is -2.04. The topological polar surface area (TPSA) is 57.8 Å². The van der Waals surface area contributed by atoms with E-state index < -0.39 is 0 Å². The molecule has 0 aliphatic carbocycles. The number of hydrogen-bond acceptors (Lipinski definition) is 2. The third-order valence-electron chi connectivity index (χ3n) is 2.44. The Morgan fingerprint density at radius 3 is 3.06 bits per heavy atom. The molecule has 0 unspecified atom stereocenters. The molecule has 2 rings (SSSR count). The van der Waals surface area contributed by atoms with E-state index in [0.29, 0.717) is 10.9 Å². The summed E-state index contributed by atoms with van der Waals surface area (Å²) < 4.78 is 15.0. The van der Waals surface area contributed by atoms with Crippen molar-refractivity contribution in [2.45, 2.75) is 6.54 Å². The van der Waals surface area contributed by atoms with Crippen LogP contribution in [0.1, 0.15) is 0 Å². The molecule has 0 atom stereocenters. The van der Waals surface area contributed by atoms with Crippen molar-refractivity contribution in [2.24, 2.45) is 0 Å². The monoisotopic (exact) mass is 231 g/mol. The molecule has 5 heteroatoms. The normalized spacial score (nSPS) is 10.1. The van der Waals surface area contributed by atoms with Gasteiger partial charge in [-0.25, -0.2) is 4.39 Å². The van der Waals surface area contributed by atoms with Crippen LogP contribution in [-0.4, -0.2) is 17.0 Å². The van der Waals surface area contributed by atoms with Crippen molar-refractivity contribution in [2.75, 3.05) is 6.54 Å². The number of amides is 1. The first-order valence-electron chi connectivity index (χ1n) is 5.09. The van der Waals surface area contributed by atoms with Gasteiger partial charge >= 0.3 is 0 Å². The van der Waals surface area contributed by atoms with Crippen molar-refractivity contribution in [3.05, 3.63) is 36.3 Å². The average molecular weight is 231 g/mol. The molecule has 2 aromatic rings. The third-order valence-corrected chi connectivity index (χ3v) is 2.44. The van der Waals surface area contributed by atoms with Crippen LogP contribution >= 0.6 is 0 Å². The minimum Gasteiger partial charge on any atom is -0.341 e. The highest BCUT2D eigenvalue weighted by atomic mass is 19.1. The van der Waals surface area contributed by atoms with Gasteiger partial charge in [0.25, 0.3) is 0 Å². The molecule has 0 radical (unpaired) electrons. The van der Waals surface area contributed by atoms with Crippen LogP contribution in [0.15, 0.2) is 30.5 Å². The fourth-order valence-electron chi connectivity index (χ4n) is 1.67. The molecular formula is C12H10FN3O. The van der Waals surface area contributed by atoms with Gasteiger partial charge in [-0.15, -0.1) is 0 Å². The summed E-state index contributed by atoms with van der Waals surface area (Å²) in [5.74, 6) is -0.577. The van der Waals surface area contributed by atoms with E-state index in [4.69, 9.17) is 5.26 Å². The summed E-state index contributed by atoms with van der Waals surface area (Å²) in [6.45, 7) is 0.0566. The number of nitrogens with zero attached hydrogens (tertiary/aromatic N) is 2. The first-order chi connectivity index (χ1) is 8.22. The van der Waals surface area contributed by atoms with Crippen molar-refractivity contribution in [1.29, 1.82) is 5.26 Å². The van der Waals surface area contributed by atoms with Crippen LogP contribution in [0.4, 0.5) is 4.39 Å². The number of nitriles is 1. The van der Waals surface area contributed by atoms with Crippen LogP contribution in [0.2, 0.25) is 0 Å². The van der Waals surface area contributed by atoms with E-state index in [1.165, 1.54) is 6.07 Å². The zero-order chi connectivity index (χ0) is 12.3. The molecular weight excluding hydrogens is 221 g/mol. The van der Waals surface area contributed by atoms with Crippen molar-refractivity contribution in [3.8, 4) is 6.07 Å². The molecule has 1 aromatic heterocycles. The van der Waals surface area contributed by atoms with E-state index in [-0.39, 0.29) is 24.8 Å². The molecule has 0 bridgehead atoms. The van der Waals surface area contributed by atoms with E-state index in [1.807, 2.05) is 6.07 Å². The summed E-state index contributed by atoms with van der Waals surface area (Å²) in [6, 6.07) is 8.17. The third kappa shape index (κ3) is 2.26. The molecule has 1 N–H and O–H groups in total. The van der Waals surface area contributed by atoms with Gasteiger partial charge in [0, 0.05) is 11.6 Å². The van der Waals surface area contributed by atoms with E-state index in [1.54, 1.807) is 29.0 Å². The standard InChI is InChI=1S/C12H10FN3O/c13-10-2-1-3-11-9(10)4-7-16(11)8-12(17)15-6-5-14/h1-4,7H,6,8H2,(H,15,17). The maximum Gasteiger partial charge on any atom is 0.240 e. The van der Waals surface area contributed by atoms with Gasteiger partial charge in [0.15, 0.2) is 0 Å². The van der Waals surface area contributed by atoms with Crippen molar-refractivity contribution in [3.63, 3.8) is 0 Å². The first-order valence-corrected chi connectivity index (χ1v) is 5.09. The zero-order valence-corrected chi connectivity index (χ0v) is 8.98. The largest absolute Gasteiger partial charge is 0.341 e. The number of carbonyl (C=O) groups is 1. The second kappa shape index (κ2) is 4.66. The molecule has 86 valence electrons. The highest BCUT2D eigenvalue weighted by Crippen LogP contribution is 2.18. The van der Waals surface area contributed by atoms with Crippen LogP contribution in [0.5, 0.6) is 0 Å². The number of nitrogens with one attached hydrogen (secondary N) is 1. The van der Waals surface area contributed by atoms with Crippen LogP contribution < -0.4 is 5.32 Å². The average Bonchev–Trinajstić information content (AvgIpc) is 2.71. The molecule has 1 aromatic carbocycles. The summed E-state index contributed by atoms with van der Waals surface area (Å²) in [7, 11) is 0. The van der Waals surface area contributed by atoms with Gasteiger partial charge in [0.2, 0.25) is 5.91 Å². The highest BCUT2D eigenvalue weighted by Gasteiger charge is 2.07. The van der Waals surface area contributed by atoms with E-state index >= 15 is 0 Å². The second-order valence-electron chi connectivity index (χ2n) is 3.55. The Bertz CT molecular complexity index is 597. The van der Waals surface area contributed by atoms with Crippen molar-refractivity contribution in [1.82, 2.24) is 9.88 Å². The fraction of sp³-hybridized carbons (Fsp3) is 0.167. The molecule has 1 heterocycles. The minimum absolute atomic E-state index is 0.0214. The zero-order valence-electron chi connectivity index (χ0n) is 8.98. The number of rotatable bonds is 3. The molecule has 0 spiro atoms. The molecule has 4 nitrogen and oxygen atoms in total.